The first-order chi connectivity index (χ1) is 20.3. The molecule has 0 spiro atoms. The number of ether oxygens (including phenoxy) is 1. The van der Waals surface area contributed by atoms with Crippen LogP contribution in [0.15, 0.2) is 24.3 Å². The average Bonchev–Trinajstić information content (AvgIpc) is 2.91. The van der Waals surface area contributed by atoms with Crippen molar-refractivity contribution in [3.63, 3.8) is 0 Å². The standard InChI is InChI=1S/C28H37I4N2O6PS2/c1-4-39-41(3,38)43-12-11-42-10-8-6-5-7-9-33-28(37)25(34-18(2)35)15-19-13-23(31)27(24(32)14-19)40-20-16-21(29)26(36)22(30)17-20/h13-14,16-17,25,36H,4-12,15H2,1-3H3,(H,33,37)(H,34,35)/t25-,41?/m0/s1. The normalized spacial score (nSPS) is 13.3. The number of phenols is 1. The molecule has 2 amide bonds. The Labute approximate surface area is 317 Å². The fraction of sp³-hybridized carbons (Fsp3) is 0.500. The highest BCUT2D eigenvalue weighted by Gasteiger charge is 2.21. The fourth-order valence-corrected chi connectivity index (χ4v) is 12.2. The molecular weight excluding hydrogens is 1060 g/mol. The topological polar surface area (TPSA) is 114 Å². The van der Waals surface area contributed by atoms with Crippen LogP contribution in [-0.4, -0.2) is 60.0 Å². The number of phenolic OH excluding ortho intramolecular Hbond substituents is 1. The Morgan fingerprint density at radius 1 is 0.953 bits per heavy atom. The number of hydrogen-bond acceptors (Lipinski definition) is 8. The molecule has 2 rings (SSSR count). The monoisotopic (exact) mass is 1100 g/mol. The fourth-order valence-electron chi connectivity index (χ4n) is 3.89. The van der Waals surface area contributed by atoms with Crippen LogP contribution in [0.5, 0.6) is 17.2 Å². The number of nitrogens with one attached hydrogen (secondary N) is 2. The summed E-state index contributed by atoms with van der Waals surface area (Å²) in [5, 5.41) is 15.8. The van der Waals surface area contributed by atoms with Crippen molar-refractivity contribution < 1.29 is 28.5 Å². The predicted octanol–water partition coefficient (Wildman–Crippen LogP) is 8.65. The zero-order chi connectivity index (χ0) is 32.0. The van der Waals surface area contributed by atoms with Gasteiger partial charge in [-0.3, -0.25) is 14.2 Å². The van der Waals surface area contributed by atoms with E-state index in [2.05, 4.69) is 101 Å². The highest BCUT2D eigenvalue weighted by molar-refractivity contribution is 14.1. The molecule has 15 heteroatoms. The summed E-state index contributed by atoms with van der Waals surface area (Å²) in [6.07, 6.45) is 4.45. The Kier molecular flexibility index (Phi) is 19.4. The Morgan fingerprint density at radius 2 is 1.58 bits per heavy atom. The van der Waals surface area contributed by atoms with Crippen LogP contribution in [0.3, 0.4) is 0 Å². The number of unbranched alkanes of at least 4 members (excludes halogenated alkanes) is 3. The smallest absolute Gasteiger partial charge is 0.254 e. The summed E-state index contributed by atoms with van der Waals surface area (Å²) in [7, 11) is 0. The van der Waals surface area contributed by atoms with Gasteiger partial charge in [0.2, 0.25) is 11.8 Å². The van der Waals surface area contributed by atoms with Gasteiger partial charge in [-0.25, -0.2) is 0 Å². The van der Waals surface area contributed by atoms with Crippen LogP contribution in [0.4, 0.5) is 0 Å². The van der Waals surface area contributed by atoms with Crippen molar-refractivity contribution in [1.82, 2.24) is 10.6 Å². The minimum atomic E-state index is -2.50. The van der Waals surface area contributed by atoms with Gasteiger partial charge in [0.05, 0.1) is 20.9 Å². The number of hydrogen-bond donors (Lipinski definition) is 3. The van der Waals surface area contributed by atoms with Gasteiger partial charge >= 0.3 is 0 Å². The second kappa shape index (κ2) is 20.9. The van der Waals surface area contributed by atoms with E-state index >= 15 is 0 Å². The molecule has 1 unspecified atom stereocenters. The molecule has 0 bridgehead atoms. The third kappa shape index (κ3) is 15.5. The van der Waals surface area contributed by atoms with Gasteiger partial charge in [0.1, 0.15) is 17.5 Å². The molecule has 3 N–H and O–H groups in total. The number of benzene rings is 2. The number of aromatic hydroxyl groups is 1. The Morgan fingerprint density at radius 3 is 2.19 bits per heavy atom. The van der Waals surface area contributed by atoms with Crippen molar-refractivity contribution >= 4 is 132 Å². The summed E-state index contributed by atoms with van der Waals surface area (Å²) in [6.45, 7) is 3.50. The van der Waals surface area contributed by atoms with Crippen molar-refractivity contribution in [2.45, 2.75) is 52.0 Å². The maximum absolute atomic E-state index is 13.0. The van der Waals surface area contributed by atoms with Gasteiger partial charge in [0.15, 0.2) is 5.75 Å². The van der Waals surface area contributed by atoms with Crippen molar-refractivity contribution in [2.75, 3.05) is 37.1 Å². The van der Waals surface area contributed by atoms with Crippen LogP contribution < -0.4 is 15.4 Å². The first-order valence-electron chi connectivity index (χ1n) is 13.7. The van der Waals surface area contributed by atoms with Gasteiger partial charge in [-0.1, -0.05) is 24.2 Å². The van der Waals surface area contributed by atoms with Gasteiger partial charge in [-0.2, -0.15) is 11.8 Å². The molecule has 43 heavy (non-hydrogen) atoms. The van der Waals surface area contributed by atoms with Gasteiger partial charge in [-0.05, 0) is 146 Å². The van der Waals surface area contributed by atoms with Crippen LogP contribution in [0.1, 0.15) is 45.1 Å². The van der Waals surface area contributed by atoms with Crippen LogP contribution >= 0.6 is 120 Å². The Hall–Kier alpha value is 0.790. The maximum atomic E-state index is 13.0. The number of halogens is 4. The lowest BCUT2D eigenvalue weighted by Crippen LogP contribution is -2.47. The quantitative estimate of drug-likeness (QED) is 0.0729. The van der Waals surface area contributed by atoms with E-state index in [1.165, 1.54) is 18.3 Å². The van der Waals surface area contributed by atoms with E-state index < -0.39 is 12.6 Å². The van der Waals surface area contributed by atoms with Crippen molar-refractivity contribution in [2.24, 2.45) is 0 Å². The van der Waals surface area contributed by atoms with E-state index in [1.807, 2.05) is 30.8 Å². The number of carbonyl (C=O) groups excluding carboxylic acids is 2. The number of amides is 2. The molecule has 0 saturated heterocycles. The third-order valence-corrected chi connectivity index (χ3v) is 14.3. The summed E-state index contributed by atoms with van der Waals surface area (Å²) in [6, 6.07) is 6.82. The largest absolute Gasteiger partial charge is 0.506 e. The van der Waals surface area contributed by atoms with E-state index in [1.54, 1.807) is 18.8 Å². The third-order valence-electron chi connectivity index (χ3n) is 5.83. The van der Waals surface area contributed by atoms with Gasteiger partial charge in [0, 0.05) is 38.1 Å². The van der Waals surface area contributed by atoms with Gasteiger partial charge < -0.3 is 25.0 Å². The average molecular weight is 1100 g/mol. The summed E-state index contributed by atoms with van der Waals surface area (Å²) < 4.78 is 26.7. The lowest BCUT2D eigenvalue weighted by Gasteiger charge is -2.19. The predicted molar refractivity (Wildman–Crippen MR) is 213 cm³/mol. The second-order valence-corrected chi connectivity index (χ2v) is 20.6. The number of thioether (sulfide) groups is 1. The molecule has 2 atom stereocenters. The molecule has 240 valence electrons. The minimum Gasteiger partial charge on any atom is -0.506 e. The Balaban J connectivity index is 1.80. The second-order valence-electron chi connectivity index (χ2n) is 9.52. The molecule has 2 aromatic carbocycles. The first kappa shape index (κ1) is 40.0. The van der Waals surface area contributed by atoms with Crippen molar-refractivity contribution in [1.29, 1.82) is 0 Å². The summed E-state index contributed by atoms with van der Waals surface area (Å²) in [5.74, 6) is 3.98. The van der Waals surface area contributed by atoms with Crippen molar-refractivity contribution in [3.05, 3.63) is 44.1 Å². The SMILES string of the molecule is CCOP(C)(=O)SCCSCCCCCCNC(=O)[C@H](Cc1cc(I)c(Oc2cc(I)c(O)c(I)c2)c(I)c1)NC(C)=O. The van der Waals surface area contributed by atoms with Crippen LogP contribution in [0.25, 0.3) is 0 Å². The molecule has 8 nitrogen and oxygen atoms in total. The number of rotatable bonds is 19. The van der Waals surface area contributed by atoms with Crippen LogP contribution in [-0.2, 0) is 25.1 Å². The summed E-state index contributed by atoms with van der Waals surface area (Å²) in [5.41, 5.74) is 0.917. The Bertz CT molecular complexity index is 1240. The summed E-state index contributed by atoms with van der Waals surface area (Å²) in [4.78, 5) is 24.9. The molecular formula is C28H37I4N2O6PS2. The zero-order valence-corrected chi connectivity index (χ0v) is 35.4. The van der Waals surface area contributed by atoms with Crippen LogP contribution in [0.2, 0.25) is 0 Å². The molecule has 0 fully saturated rings. The van der Waals surface area contributed by atoms with Crippen LogP contribution in [0, 0.1) is 14.3 Å². The summed E-state index contributed by atoms with van der Waals surface area (Å²) >= 11 is 11.9. The highest BCUT2D eigenvalue weighted by atomic mass is 127. The highest BCUT2D eigenvalue weighted by Crippen LogP contribution is 2.56. The van der Waals surface area contributed by atoms with Gasteiger partial charge in [0.25, 0.3) is 6.57 Å². The van der Waals surface area contributed by atoms with Gasteiger partial charge in [-0.15, -0.1) is 0 Å². The lowest BCUT2D eigenvalue weighted by atomic mass is 10.0. The molecule has 0 radical (unpaired) electrons. The molecule has 2 aromatic rings. The minimum absolute atomic E-state index is 0.192. The van der Waals surface area contributed by atoms with Crippen molar-refractivity contribution in [3.8, 4) is 17.2 Å². The van der Waals surface area contributed by atoms with E-state index in [9.17, 15) is 19.3 Å². The zero-order valence-electron chi connectivity index (χ0n) is 24.2. The van der Waals surface area contributed by atoms with E-state index in [-0.39, 0.29) is 17.6 Å². The lowest BCUT2D eigenvalue weighted by molar-refractivity contribution is -0.128. The molecule has 0 aromatic heterocycles. The molecule has 0 saturated carbocycles. The van der Waals surface area contributed by atoms with E-state index in [0.29, 0.717) is 38.2 Å². The molecule has 0 aliphatic carbocycles. The molecule has 0 aliphatic rings. The van der Waals surface area contributed by atoms with E-state index in [4.69, 9.17) is 9.26 Å². The maximum Gasteiger partial charge on any atom is 0.254 e. The van der Waals surface area contributed by atoms with E-state index in [0.717, 1.165) is 55.6 Å². The molecule has 0 heterocycles. The first-order valence-corrected chi connectivity index (χ1v) is 22.8. The number of carbonyl (C=O) groups is 2. The molecule has 0 aliphatic heterocycles.